The number of nitrogens with zero attached hydrogens (tertiary/aromatic N) is 6. The molecular formula is C13H17N7O. The molecule has 2 aliphatic rings. The Morgan fingerprint density at radius 1 is 1.29 bits per heavy atom. The highest BCUT2D eigenvalue weighted by Gasteiger charge is 2.25. The molecule has 110 valence electrons. The Morgan fingerprint density at radius 3 is 3.19 bits per heavy atom. The second-order valence-electron chi connectivity index (χ2n) is 5.50. The fourth-order valence-corrected chi connectivity index (χ4v) is 2.97. The summed E-state index contributed by atoms with van der Waals surface area (Å²) >= 11 is 0. The zero-order valence-electron chi connectivity index (χ0n) is 11.6. The van der Waals surface area contributed by atoms with E-state index in [2.05, 4.69) is 25.0 Å². The van der Waals surface area contributed by atoms with Crippen LogP contribution in [0.3, 0.4) is 0 Å². The van der Waals surface area contributed by atoms with Crippen molar-refractivity contribution < 1.29 is 4.79 Å². The van der Waals surface area contributed by atoms with Crippen LogP contribution in [0.1, 0.15) is 18.1 Å². The Labute approximate surface area is 121 Å². The number of imidazole rings is 1. The maximum Gasteiger partial charge on any atom is 0.318 e. The van der Waals surface area contributed by atoms with Crippen LogP contribution in [0.25, 0.3) is 0 Å². The molecule has 8 nitrogen and oxygen atoms in total. The van der Waals surface area contributed by atoms with Crippen LogP contribution in [-0.2, 0) is 26.1 Å². The van der Waals surface area contributed by atoms with Crippen molar-refractivity contribution >= 4 is 6.03 Å². The maximum absolute atomic E-state index is 12.4. The Bertz CT molecular complexity index is 661. The van der Waals surface area contributed by atoms with Crippen molar-refractivity contribution in [2.75, 3.05) is 6.54 Å². The molecule has 0 saturated carbocycles. The Hall–Kier alpha value is -2.38. The molecule has 2 aromatic rings. The standard InChI is InChI=1S/C13H17N7O/c21-13(19-6-5-18-4-3-14-12(18)8-19)17-10-1-2-11-15-9-16-20(11)7-10/h3-4,9-10H,1-2,5-8H2,(H,17,21). The lowest BCUT2D eigenvalue weighted by atomic mass is 10.1. The molecule has 1 atom stereocenters. The summed E-state index contributed by atoms with van der Waals surface area (Å²) in [7, 11) is 0. The minimum atomic E-state index is -0.0159. The summed E-state index contributed by atoms with van der Waals surface area (Å²) in [5, 5.41) is 7.28. The van der Waals surface area contributed by atoms with Gasteiger partial charge in [-0.05, 0) is 6.42 Å². The van der Waals surface area contributed by atoms with Gasteiger partial charge in [-0.15, -0.1) is 0 Å². The van der Waals surface area contributed by atoms with Gasteiger partial charge in [0.25, 0.3) is 0 Å². The van der Waals surface area contributed by atoms with Crippen LogP contribution in [0.5, 0.6) is 0 Å². The van der Waals surface area contributed by atoms with Gasteiger partial charge in [0, 0.05) is 31.9 Å². The van der Waals surface area contributed by atoms with Gasteiger partial charge in [-0.3, -0.25) is 0 Å². The van der Waals surface area contributed by atoms with E-state index in [9.17, 15) is 4.79 Å². The Kier molecular flexibility index (Phi) is 2.87. The minimum Gasteiger partial charge on any atom is -0.333 e. The monoisotopic (exact) mass is 287 g/mol. The van der Waals surface area contributed by atoms with Gasteiger partial charge in [-0.25, -0.2) is 19.4 Å². The zero-order valence-corrected chi connectivity index (χ0v) is 11.6. The normalized spacial score (nSPS) is 20.8. The van der Waals surface area contributed by atoms with Crippen molar-refractivity contribution in [3.63, 3.8) is 0 Å². The van der Waals surface area contributed by atoms with Crippen molar-refractivity contribution in [1.82, 2.24) is 34.5 Å². The van der Waals surface area contributed by atoms with Crippen molar-refractivity contribution in [1.29, 1.82) is 0 Å². The molecule has 2 amide bonds. The summed E-state index contributed by atoms with van der Waals surface area (Å²) in [4.78, 5) is 22.7. The van der Waals surface area contributed by atoms with Crippen LogP contribution in [0, 0.1) is 0 Å². The maximum atomic E-state index is 12.4. The highest BCUT2D eigenvalue weighted by molar-refractivity contribution is 5.74. The van der Waals surface area contributed by atoms with Crippen molar-refractivity contribution in [3.05, 3.63) is 30.4 Å². The van der Waals surface area contributed by atoms with Gasteiger partial charge in [0.15, 0.2) is 0 Å². The Morgan fingerprint density at radius 2 is 2.24 bits per heavy atom. The number of hydrogen-bond acceptors (Lipinski definition) is 4. The quantitative estimate of drug-likeness (QED) is 0.801. The molecule has 0 spiro atoms. The van der Waals surface area contributed by atoms with E-state index in [1.807, 2.05) is 15.8 Å². The van der Waals surface area contributed by atoms with Gasteiger partial charge in [0.05, 0.1) is 19.1 Å². The highest BCUT2D eigenvalue weighted by Crippen LogP contribution is 2.14. The number of carbonyl (C=O) groups excluding carboxylic acids is 1. The fourth-order valence-electron chi connectivity index (χ4n) is 2.97. The van der Waals surface area contributed by atoms with Crippen LogP contribution in [0.4, 0.5) is 4.79 Å². The molecule has 1 unspecified atom stereocenters. The van der Waals surface area contributed by atoms with Gasteiger partial charge in [0.1, 0.15) is 18.0 Å². The smallest absolute Gasteiger partial charge is 0.318 e. The minimum absolute atomic E-state index is 0.0159. The van der Waals surface area contributed by atoms with Crippen LogP contribution < -0.4 is 5.32 Å². The van der Waals surface area contributed by atoms with Crippen LogP contribution in [0.2, 0.25) is 0 Å². The number of nitrogens with one attached hydrogen (secondary N) is 1. The lowest BCUT2D eigenvalue weighted by Gasteiger charge is -2.31. The lowest BCUT2D eigenvalue weighted by molar-refractivity contribution is 0.174. The molecule has 4 rings (SSSR count). The number of carbonyl (C=O) groups is 1. The fraction of sp³-hybridized carbons (Fsp3) is 0.538. The summed E-state index contributed by atoms with van der Waals surface area (Å²) in [6, 6.07) is 0.103. The predicted molar refractivity (Wildman–Crippen MR) is 73.3 cm³/mol. The first-order valence-corrected chi connectivity index (χ1v) is 7.22. The molecule has 0 bridgehead atoms. The first-order valence-electron chi connectivity index (χ1n) is 7.22. The molecule has 2 aliphatic heterocycles. The van der Waals surface area contributed by atoms with Gasteiger partial charge in [-0.1, -0.05) is 0 Å². The highest BCUT2D eigenvalue weighted by atomic mass is 16.2. The van der Waals surface area contributed by atoms with Crippen molar-refractivity contribution in [3.8, 4) is 0 Å². The number of hydrogen-bond donors (Lipinski definition) is 1. The second kappa shape index (κ2) is 4.87. The molecule has 8 heteroatoms. The SMILES string of the molecule is O=C(NC1CCc2ncnn2C1)N1CCn2ccnc2C1. The lowest BCUT2D eigenvalue weighted by Crippen LogP contribution is -2.49. The average Bonchev–Trinajstić information content (AvgIpc) is 3.14. The molecule has 0 fully saturated rings. The largest absolute Gasteiger partial charge is 0.333 e. The summed E-state index contributed by atoms with van der Waals surface area (Å²) in [6.45, 7) is 2.79. The molecule has 21 heavy (non-hydrogen) atoms. The first-order chi connectivity index (χ1) is 10.3. The summed E-state index contributed by atoms with van der Waals surface area (Å²) in [5.41, 5.74) is 0. The van der Waals surface area contributed by atoms with E-state index in [1.54, 1.807) is 12.5 Å². The third-order valence-electron chi connectivity index (χ3n) is 4.17. The summed E-state index contributed by atoms with van der Waals surface area (Å²) in [5.74, 6) is 1.94. The van der Waals surface area contributed by atoms with E-state index in [0.29, 0.717) is 13.1 Å². The Balaban J connectivity index is 1.39. The van der Waals surface area contributed by atoms with E-state index in [4.69, 9.17) is 0 Å². The van der Waals surface area contributed by atoms with Gasteiger partial charge >= 0.3 is 6.03 Å². The van der Waals surface area contributed by atoms with Gasteiger partial charge in [-0.2, -0.15) is 5.10 Å². The molecule has 0 aliphatic carbocycles. The van der Waals surface area contributed by atoms with Gasteiger partial charge < -0.3 is 14.8 Å². The molecule has 1 N–H and O–H groups in total. The average molecular weight is 287 g/mol. The van der Waals surface area contributed by atoms with Crippen LogP contribution >= 0.6 is 0 Å². The molecule has 2 aromatic heterocycles. The van der Waals surface area contributed by atoms with Gasteiger partial charge in [0.2, 0.25) is 0 Å². The molecule has 0 radical (unpaired) electrons. The summed E-state index contributed by atoms with van der Waals surface area (Å²) < 4.78 is 3.96. The number of amides is 2. The number of aromatic nitrogens is 5. The van der Waals surface area contributed by atoms with Crippen molar-refractivity contribution in [2.45, 2.75) is 38.5 Å². The van der Waals surface area contributed by atoms with E-state index in [1.165, 1.54) is 0 Å². The predicted octanol–water partition coefficient (Wildman–Crippen LogP) is 0.0148. The number of fused-ring (bicyclic) bond motifs is 2. The van der Waals surface area contributed by atoms with E-state index in [0.717, 1.165) is 37.6 Å². The molecular weight excluding hydrogens is 270 g/mol. The van der Waals surface area contributed by atoms with E-state index < -0.39 is 0 Å². The van der Waals surface area contributed by atoms with E-state index >= 15 is 0 Å². The number of rotatable bonds is 1. The molecule has 4 heterocycles. The second-order valence-corrected chi connectivity index (χ2v) is 5.50. The summed E-state index contributed by atoms with van der Waals surface area (Å²) in [6.07, 6.45) is 7.08. The number of aryl methyl sites for hydroxylation is 1. The third-order valence-corrected chi connectivity index (χ3v) is 4.17. The van der Waals surface area contributed by atoms with Crippen molar-refractivity contribution in [2.24, 2.45) is 0 Å². The van der Waals surface area contributed by atoms with E-state index in [-0.39, 0.29) is 12.1 Å². The zero-order chi connectivity index (χ0) is 14.2. The van der Waals surface area contributed by atoms with Crippen LogP contribution in [-0.4, -0.2) is 47.8 Å². The number of urea groups is 1. The molecule has 0 saturated heterocycles. The third kappa shape index (κ3) is 2.26. The molecule has 0 aromatic carbocycles. The van der Waals surface area contributed by atoms with Crippen LogP contribution in [0.15, 0.2) is 18.7 Å². The topological polar surface area (TPSA) is 80.9 Å². The first kappa shape index (κ1) is 12.4.